The van der Waals surface area contributed by atoms with Gasteiger partial charge >= 0.3 is 0 Å². The number of hydrogen-bond acceptors (Lipinski definition) is 6. The van der Waals surface area contributed by atoms with Crippen molar-refractivity contribution in [2.24, 2.45) is 0 Å². The summed E-state index contributed by atoms with van der Waals surface area (Å²) in [6.07, 6.45) is 30.5. The normalized spacial score (nSPS) is 14.7. The van der Waals surface area contributed by atoms with Crippen LogP contribution in [0.25, 0.3) is 0 Å². The SMILES string of the molecule is OCCCCCCCC(O)CCCCCCC(O)CCCCCCC(O)CCCCCCC(O)CCCCCCCO. The topological polar surface area (TPSA) is 121 Å². The lowest BCUT2D eigenvalue weighted by Gasteiger charge is -2.13. The first-order chi connectivity index (χ1) is 20.5. The molecule has 254 valence electrons. The highest BCUT2D eigenvalue weighted by Gasteiger charge is 2.08. The third-order valence-electron chi connectivity index (χ3n) is 8.87. The fraction of sp³-hybridized carbons (Fsp3) is 1.00. The second kappa shape index (κ2) is 33.6. The smallest absolute Gasteiger partial charge is 0.0540 e. The van der Waals surface area contributed by atoms with Gasteiger partial charge in [0, 0.05) is 13.2 Å². The Labute approximate surface area is 260 Å². The third kappa shape index (κ3) is 32.7. The number of rotatable bonds is 35. The molecule has 0 aromatic heterocycles. The van der Waals surface area contributed by atoms with E-state index >= 15 is 0 Å². The highest BCUT2D eigenvalue weighted by molar-refractivity contribution is 4.62. The Kier molecular flexibility index (Phi) is 33.5. The second-order valence-corrected chi connectivity index (χ2v) is 13.2. The average molecular weight is 603 g/mol. The van der Waals surface area contributed by atoms with Gasteiger partial charge in [0.1, 0.15) is 0 Å². The van der Waals surface area contributed by atoms with Crippen molar-refractivity contribution in [2.75, 3.05) is 13.2 Å². The van der Waals surface area contributed by atoms with E-state index in [0.717, 1.165) is 193 Å². The van der Waals surface area contributed by atoms with Crippen LogP contribution in [0.1, 0.15) is 193 Å². The summed E-state index contributed by atoms with van der Waals surface area (Å²) in [7, 11) is 0. The molecule has 0 amide bonds. The molecule has 0 aromatic carbocycles. The molecule has 0 aliphatic rings. The molecular weight excluding hydrogens is 528 g/mol. The Morgan fingerprint density at radius 1 is 0.214 bits per heavy atom. The van der Waals surface area contributed by atoms with Crippen LogP contribution in [0.2, 0.25) is 0 Å². The van der Waals surface area contributed by atoms with Gasteiger partial charge < -0.3 is 30.6 Å². The second-order valence-electron chi connectivity index (χ2n) is 13.2. The van der Waals surface area contributed by atoms with Crippen LogP contribution in [0.4, 0.5) is 0 Å². The molecule has 0 rings (SSSR count). The Morgan fingerprint density at radius 2 is 0.357 bits per heavy atom. The molecule has 42 heavy (non-hydrogen) atoms. The minimum atomic E-state index is -0.185. The molecule has 4 atom stereocenters. The molecule has 6 heteroatoms. The predicted octanol–water partition coefficient (Wildman–Crippen LogP) is 8.12. The summed E-state index contributed by atoms with van der Waals surface area (Å²) >= 11 is 0. The first-order valence-electron chi connectivity index (χ1n) is 18.4. The van der Waals surface area contributed by atoms with E-state index in [2.05, 4.69) is 0 Å². The Balaban J connectivity index is 3.38. The van der Waals surface area contributed by atoms with Gasteiger partial charge in [-0.2, -0.15) is 0 Å². The van der Waals surface area contributed by atoms with Gasteiger partial charge in [0.25, 0.3) is 0 Å². The van der Waals surface area contributed by atoms with Crippen molar-refractivity contribution in [1.82, 2.24) is 0 Å². The molecule has 0 radical (unpaired) electrons. The van der Waals surface area contributed by atoms with Gasteiger partial charge in [-0.3, -0.25) is 0 Å². The quantitative estimate of drug-likeness (QED) is 0.0408. The van der Waals surface area contributed by atoms with E-state index in [4.69, 9.17) is 10.2 Å². The van der Waals surface area contributed by atoms with Crippen molar-refractivity contribution in [3.05, 3.63) is 0 Å². The minimum Gasteiger partial charge on any atom is -0.396 e. The van der Waals surface area contributed by atoms with Gasteiger partial charge in [0.05, 0.1) is 24.4 Å². The first kappa shape index (κ1) is 41.8. The molecule has 0 fully saturated rings. The van der Waals surface area contributed by atoms with Crippen LogP contribution < -0.4 is 0 Å². The number of unbranched alkanes of at least 4 members (excludes halogenated alkanes) is 17. The van der Waals surface area contributed by atoms with Crippen molar-refractivity contribution in [1.29, 1.82) is 0 Å². The van der Waals surface area contributed by atoms with Gasteiger partial charge in [0.15, 0.2) is 0 Å². The van der Waals surface area contributed by atoms with E-state index in [1.54, 1.807) is 0 Å². The highest BCUT2D eigenvalue weighted by atomic mass is 16.3. The van der Waals surface area contributed by atoms with Crippen molar-refractivity contribution in [3.63, 3.8) is 0 Å². The monoisotopic (exact) mass is 603 g/mol. The van der Waals surface area contributed by atoms with Gasteiger partial charge in [-0.15, -0.1) is 0 Å². The summed E-state index contributed by atoms with van der Waals surface area (Å²) in [6, 6.07) is 0. The van der Waals surface area contributed by atoms with Crippen LogP contribution in [0.3, 0.4) is 0 Å². The van der Waals surface area contributed by atoms with E-state index < -0.39 is 0 Å². The molecule has 0 saturated heterocycles. The van der Waals surface area contributed by atoms with Crippen molar-refractivity contribution in [3.8, 4) is 0 Å². The van der Waals surface area contributed by atoms with E-state index in [1.807, 2.05) is 0 Å². The summed E-state index contributed by atoms with van der Waals surface area (Å²) in [4.78, 5) is 0. The largest absolute Gasteiger partial charge is 0.396 e. The minimum absolute atomic E-state index is 0.167. The Bertz CT molecular complexity index is 461. The molecule has 0 aromatic rings. The predicted molar refractivity (Wildman–Crippen MR) is 177 cm³/mol. The van der Waals surface area contributed by atoms with E-state index in [0.29, 0.717) is 0 Å². The lowest BCUT2D eigenvalue weighted by Crippen LogP contribution is -2.08. The maximum absolute atomic E-state index is 10.3. The first-order valence-corrected chi connectivity index (χ1v) is 18.4. The molecule has 0 aliphatic carbocycles. The molecule has 0 bridgehead atoms. The average Bonchev–Trinajstić information content (AvgIpc) is 2.97. The maximum atomic E-state index is 10.3. The zero-order chi connectivity index (χ0) is 30.9. The molecule has 0 heterocycles. The van der Waals surface area contributed by atoms with Crippen LogP contribution in [0.15, 0.2) is 0 Å². The van der Waals surface area contributed by atoms with E-state index in [9.17, 15) is 20.4 Å². The van der Waals surface area contributed by atoms with Gasteiger partial charge in [0.2, 0.25) is 0 Å². The lowest BCUT2D eigenvalue weighted by atomic mass is 9.99. The van der Waals surface area contributed by atoms with Crippen LogP contribution in [0, 0.1) is 0 Å². The summed E-state index contributed by atoms with van der Waals surface area (Å²) in [6.45, 7) is 0.578. The zero-order valence-electron chi connectivity index (χ0n) is 27.6. The molecule has 0 spiro atoms. The highest BCUT2D eigenvalue weighted by Crippen LogP contribution is 2.18. The van der Waals surface area contributed by atoms with Gasteiger partial charge in [-0.05, 0) is 64.2 Å². The van der Waals surface area contributed by atoms with Crippen LogP contribution in [0.5, 0.6) is 0 Å². The van der Waals surface area contributed by atoms with Crippen molar-refractivity contribution >= 4 is 0 Å². The van der Waals surface area contributed by atoms with E-state index in [-0.39, 0.29) is 37.6 Å². The van der Waals surface area contributed by atoms with Crippen LogP contribution in [-0.2, 0) is 0 Å². The van der Waals surface area contributed by atoms with Gasteiger partial charge in [-0.1, -0.05) is 128 Å². The summed E-state index contributed by atoms with van der Waals surface area (Å²) in [5, 5.41) is 58.3. The third-order valence-corrected chi connectivity index (χ3v) is 8.87. The summed E-state index contributed by atoms with van der Waals surface area (Å²) < 4.78 is 0. The molecule has 0 aliphatic heterocycles. The number of aliphatic hydroxyl groups is 6. The zero-order valence-corrected chi connectivity index (χ0v) is 27.6. The molecular formula is C36H74O6. The fourth-order valence-electron chi connectivity index (χ4n) is 5.96. The Morgan fingerprint density at radius 3 is 0.524 bits per heavy atom. The standard InChI is InChI=1S/C36H74O6/c37-31-21-11-1-3-13-23-33(39)25-15-5-7-17-27-35(41)29-19-9-10-20-30-36(42)28-18-8-6-16-26-34(40)24-14-4-2-12-22-32-38/h33-42H,1-32H2. The maximum Gasteiger partial charge on any atom is 0.0540 e. The van der Waals surface area contributed by atoms with Crippen LogP contribution >= 0.6 is 0 Å². The summed E-state index contributed by atoms with van der Waals surface area (Å²) in [5.41, 5.74) is 0. The fourth-order valence-corrected chi connectivity index (χ4v) is 5.96. The molecule has 6 nitrogen and oxygen atoms in total. The summed E-state index contributed by atoms with van der Waals surface area (Å²) in [5.74, 6) is 0. The number of hydrogen-bond donors (Lipinski definition) is 6. The number of aliphatic hydroxyl groups excluding tert-OH is 6. The van der Waals surface area contributed by atoms with Gasteiger partial charge in [-0.25, -0.2) is 0 Å². The van der Waals surface area contributed by atoms with E-state index in [1.165, 1.54) is 0 Å². The Hall–Kier alpha value is -0.240. The van der Waals surface area contributed by atoms with Crippen molar-refractivity contribution < 1.29 is 30.6 Å². The molecule has 4 unspecified atom stereocenters. The van der Waals surface area contributed by atoms with Crippen molar-refractivity contribution in [2.45, 2.75) is 217 Å². The lowest BCUT2D eigenvalue weighted by molar-refractivity contribution is 0.139. The molecule has 6 N–H and O–H groups in total. The molecule has 0 saturated carbocycles. The van der Waals surface area contributed by atoms with Crippen LogP contribution in [-0.4, -0.2) is 68.3 Å².